The van der Waals surface area contributed by atoms with Crippen LogP contribution in [0.2, 0.25) is 0 Å². The summed E-state index contributed by atoms with van der Waals surface area (Å²) in [4.78, 5) is 24.1. The summed E-state index contributed by atoms with van der Waals surface area (Å²) in [6.45, 7) is 9.29. The molecule has 4 nitrogen and oxygen atoms in total. The number of ketones is 2. The highest BCUT2D eigenvalue weighted by molar-refractivity contribution is 6.09. The van der Waals surface area contributed by atoms with Crippen LogP contribution in [-0.2, 0) is 9.53 Å². The highest BCUT2D eigenvalue weighted by Gasteiger charge is 2.24. The normalized spacial score (nSPS) is 13.4. The molecule has 0 amide bonds. The van der Waals surface area contributed by atoms with E-state index in [2.05, 4.69) is 0 Å². The Balaban J connectivity index is 2.71. The smallest absolute Gasteiger partial charge is 0.170 e. The van der Waals surface area contributed by atoms with Gasteiger partial charge in [-0.25, -0.2) is 0 Å². The molecule has 1 atom stereocenters. The SMILES string of the molecule is CO/C=C(\C)C(C)Oc1ccc(C(=O)CC(=O)C(C)(C)C)cc1. The number of rotatable bonds is 7. The molecular weight excluding hydrogens is 292 g/mol. The van der Waals surface area contributed by atoms with Gasteiger partial charge in [0.25, 0.3) is 0 Å². The molecule has 1 aromatic carbocycles. The largest absolute Gasteiger partial charge is 0.504 e. The third-order valence-corrected chi connectivity index (χ3v) is 3.59. The summed E-state index contributed by atoms with van der Waals surface area (Å²) in [6, 6.07) is 6.86. The number of benzene rings is 1. The fourth-order valence-electron chi connectivity index (χ4n) is 1.81. The lowest BCUT2D eigenvalue weighted by Gasteiger charge is -2.16. The quantitative estimate of drug-likeness (QED) is 0.430. The van der Waals surface area contributed by atoms with E-state index >= 15 is 0 Å². The number of hydrogen-bond donors (Lipinski definition) is 0. The van der Waals surface area contributed by atoms with Gasteiger partial charge in [0, 0.05) is 16.6 Å². The number of carbonyl (C=O) groups excluding carboxylic acids is 2. The number of carbonyl (C=O) groups is 2. The van der Waals surface area contributed by atoms with E-state index < -0.39 is 5.41 Å². The van der Waals surface area contributed by atoms with Crippen LogP contribution in [0, 0.1) is 5.41 Å². The van der Waals surface area contributed by atoms with Gasteiger partial charge in [-0.2, -0.15) is 0 Å². The van der Waals surface area contributed by atoms with Gasteiger partial charge in [-0.15, -0.1) is 0 Å². The third-order valence-electron chi connectivity index (χ3n) is 3.59. The van der Waals surface area contributed by atoms with Crippen molar-refractivity contribution in [3.8, 4) is 5.75 Å². The molecule has 0 N–H and O–H groups in total. The Hall–Kier alpha value is -2.10. The summed E-state index contributed by atoms with van der Waals surface area (Å²) in [5.41, 5.74) is 0.981. The van der Waals surface area contributed by atoms with E-state index in [1.54, 1.807) is 37.6 Å². The lowest BCUT2D eigenvalue weighted by atomic mass is 9.87. The fraction of sp³-hybridized carbons (Fsp3) is 0.474. The summed E-state index contributed by atoms with van der Waals surface area (Å²) < 4.78 is 10.7. The van der Waals surface area contributed by atoms with Crippen LogP contribution in [0.4, 0.5) is 0 Å². The van der Waals surface area contributed by atoms with E-state index in [-0.39, 0.29) is 24.1 Å². The van der Waals surface area contributed by atoms with E-state index in [1.165, 1.54) is 0 Å². The molecule has 0 aliphatic rings. The highest BCUT2D eigenvalue weighted by Crippen LogP contribution is 2.20. The van der Waals surface area contributed by atoms with E-state index in [4.69, 9.17) is 9.47 Å². The Bertz CT molecular complexity index is 576. The van der Waals surface area contributed by atoms with Gasteiger partial charge in [0.15, 0.2) is 5.78 Å². The topological polar surface area (TPSA) is 52.6 Å². The van der Waals surface area contributed by atoms with Gasteiger partial charge in [0.1, 0.15) is 17.6 Å². The van der Waals surface area contributed by atoms with Crippen LogP contribution in [0.15, 0.2) is 36.1 Å². The molecular formula is C19H26O4. The maximum atomic E-state index is 12.1. The van der Waals surface area contributed by atoms with Gasteiger partial charge in [-0.1, -0.05) is 20.8 Å². The van der Waals surface area contributed by atoms with Crippen LogP contribution < -0.4 is 4.74 Å². The van der Waals surface area contributed by atoms with Gasteiger partial charge >= 0.3 is 0 Å². The van der Waals surface area contributed by atoms with Gasteiger partial charge in [0.05, 0.1) is 19.8 Å². The van der Waals surface area contributed by atoms with Crippen LogP contribution in [0.5, 0.6) is 5.75 Å². The number of Topliss-reactive ketones (excluding diaryl/α,β-unsaturated/α-hetero) is 2. The summed E-state index contributed by atoms with van der Waals surface area (Å²) in [6.07, 6.45) is 1.44. The lowest BCUT2D eigenvalue weighted by molar-refractivity contribution is -0.125. The molecule has 0 spiro atoms. The second kappa shape index (κ2) is 7.95. The predicted octanol–water partition coefficient (Wildman–Crippen LogP) is 4.19. The first-order valence-corrected chi connectivity index (χ1v) is 7.68. The molecule has 0 heterocycles. The van der Waals surface area contributed by atoms with Crippen molar-refractivity contribution in [2.24, 2.45) is 5.41 Å². The second-order valence-electron chi connectivity index (χ2n) is 6.66. The Morgan fingerprint density at radius 2 is 1.74 bits per heavy atom. The molecule has 0 aliphatic heterocycles. The standard InChI is InChI=1S/C19H26O4/c1-13(12-22-6)14(2)23-16-9-7-15(8-10-16)17(20)11-18(21)19(3,4)5/h7-10,12,14H,11H2,1-6H3/b13-12+. The predicted molar refractivity (Wildman–Crippen MR) is 90.7 cm³/mol. The van der Waals surface area contributed by atoms with Crippen LogP contribution in [0.1, 0.15) is 51.4 Å². The lowest BCUT2D eigenvalue weighted by Crippen LogP contribution is -2.23. The second-order valence-corrected chi connectivity index (χ2v) is 6.66. The van der Waals surface area contributed by atoms with E-state index in [9.17, 15) is 9.59 Å². The average Bonchev–Trinajstić information content (AvgIpc) is 2.47. The first-order chi connectivity index (χ1) is 10.6. The molecule has 0 fully saturated rings. The first-order valence-electron chi connectivity index (χ1n) is 7.68. The van der Waals surface area contributed by atoms with Crippen molar-refractivity contribution in [3.63, 3.8) is 0 Å². The minimum atomic E-state index is -0.501. The summed E-state index contributed by atoms with van der Waals surface area (Å²) in [7, 11) is 1.59. The minimum Gasteiger partial charge on any atom is -0.504 e. The van der Waals surface area contributed by atoms with Gasteiger partial charge in [-0.3, -0.25) is 9.59 Å². The van der Waals surface area contributed by atoms with Crippen molar-refractivity contribution >= 4 is 11.6 Å². The van der Waals surface area contributed by atoms with Crippen molar-refractivity contribution in [1.29, 1.82) is 0 Å². The number of methoxy groups -OCH3 is 1. The zero-order valence-electron chi connectivity index (χ0n) is 14.8. The molecule has 0 saturated heterocycles. The summed E-state index contributed by atoms with van der Waals surface area (Å²) >= 11 is 0. The van der Waals surface area contributed by atoms with Crippen molar-refractivity contribution in [2.75, 3.05) is 7.11 Å². The first kappa shape index (κ1) is 18.9. The van der Waals surface area contributed by atoms with E-state index in [0.29, 0.717) is 11.3 Å². The third kappa shape index (κ3) is 5.89. The van der Waals surface area contributed by atoms with Crippen LogP contribution >= 0.6 is 0 Å². The number of ether oxygens (including phenoxy) is 2. The Morgan fingerprint density at radius 3 is 2.22 bits per heavy atom. The van der Waals surface area contributed by atoms with Crippen LogP contribution in [0.25, 0.3) is 0 Å². The number of hydrogen-bond acceptors (Lipinski definition) is 4. The molecule has 4 heteroatoms. The zero-order chi connectivity index (χ0) is 17.6. The van der Waals surface area contributed by atoms with Crippen molar-refractivity contribution in [3.05, 3.63) is 41.7 Å². The Kier molecular flexibility index (Phi) is 6.55. The molecule has 0 radical (unpaired) electrons. The molecule has 1 aromatic rings. The summed E-state index contributed by atoms with van der Waals surface area (Å²) in [5.74, 6) is 0.441. The monoisotopic (exact) mass is 318 g/mol. The summed E-state index contributed by atoms with van der Waals surface area (Å²) in [5, 5.41) is 0. The molecule has 0 aromatic heterocycles. The van der Waals surface area contributed by atoms with Crippen molar-refractivity contribution < 1.29 is 19.1 Å². The van der Waals surface area contributed by atoms with Crippen LogP contribution in [0.3, 0.4) is 0 Å². The molecule has 0 aliphatic carbocycles. The minimum absolute atomic E-state index is 0.0585. The molecule has 23 heavy (non-hydrogen) atoms. The van der Waals surface area contributed by atoms with Gasteiger partial charge in [0.2, 0.25) is 0 Å². The zero-order valence-corrected chi connectivity index (χ0v) is 14.8. The molecule has 1 rings (SSSR count). The van der Waals surface area contributed by atoms with E-state index in [0.717, 1.165) is 5.57 Å². The van der Waals surface area contributed by atoms with Crippen molar-refractivity contribution in [1.82, 2.24) is 0 Å². The van der Waals surface area contributed by atoms with Gasteiger partial charge in [-0.05, 0) is 38.1 Å². The maximum absolute atomic E-state index is 12.1. The molecule has 0 bridgehead atoms. The molecule has 1 unspecified atom stereocenters. The Morgan fingerprint density at radius 1 is 1.17 bits per heavy atom. The van der Waals surface area contributed by atoms with E-state index in [1.807, 2.05) is 34.6 Å². The average molecular weight is 318 g/mol. The maximum Gasteiger partial charge on any atom is 0.170 e. The van der Waals surface area contributed by atoms with Crippen LogP contribution in [-0.4, -0.2) is 24.8 Å². The fourth-order valence-corrected chi connectivity index (χ4v) is 1.81. The van der Waals surface area contributed by atoms with Gasteiger partial charge < -0.3 is 9.47 Å². The highest BCUT2D eigenvalue weighted by atomic mass is 16.5. The molecule has 126 valence electrons. The van der Waals surface area contributed by atoms with Crippen molar-refractivity contribution in [2.45, 2.75) is 47.1 Å². The Labute approximate surface area is 138 Å². The molecule has 0 saturated carbocycles.